The predicted molar refractivity (Wildman–Crippen MR) is 67.5 cm³/mol. The van der Waals surface area contributed by atoms with Gasteiger partial charge in [0.2, 0.25) is 21.8 Å². The van der Waals surface area contributed by atoms with Gasteiger partial charge in [0.1, 0.15) is 17.2 Å². The maximum absolute atomic E-state index is 13.2. The number of carbonyl (C=O) groups is 2. The van der Waals surface area contributed by atoms with Gasteiger partial charge in [-0.15, -0.1) is 0 Å². The second-order valence-electron chi connectivity index (χ2n) is 5.05. The average Bonchev–Trinajstić information content (AvgIpc) is 2.32. The fourth-order valence-electron chi connectivity index (χ4n) is 1.95. The fourth-order valence-corrected chi connectivity index (χ4v) is 3.70. The summed E-state index contributed by atoms with van der Waals surface area (Å²) in [5, 5.41) is 2.01. The van der Waals surface area contributed by atoms with Crippen molar-refractivity contribution in [3.05, 3.63) is 29.8 Å². The summed E-state index contributed by atoms with van der Waals surface area (Å²) < 4.78 is 51.9. The van der Waals surface area contributed by atoms with Gasteiger partial charge >= 0.3 is 0 Å². The monoisotopic (exact) mass is 318 g/mol. The Morgan fingerprint density at radius 3 is 2.19 bits per heavy atom. The summed E-state index contributed by atoms with van der Waals surface area (Å²) in [7, 11) is -4.41. The Labute approximate surface area is 119 Å². The van der Waals surface area contributed by atoms with Gasteiger partial charge in [-0.25, -0.2) is 17.2 Å². The second kappa shape index (κ2) is 4.85. The zero-order valence-electron chi connectivity index (χ0n) is 11.2. The normalized spacial score (nSPS) is 19.4. The zero-order chi connectivity index (χ0) is 16.0. The molecule has 114 valence electrons. The van der Waals surface area contributed by atoms with Crippen LogP contribution < -0.4 is 5.32 Å². The molecule has 1 aromatic rings. The lowest BCUT2D eigenvalue weighted by Crippen LogP contribution is -2.65. The largest absolute Gasteiger partial charge is 0.294 e. The van der Waals surface area contributed by atoms with Crippen molar-refractivity contribution < 1.29 is 26.8 Å². The average molecular weight is 318 g/mol. The van der Waals surface area contributed by atoms with Crippen LogP contribution in [0.2, 0.25) is 0 Å². The third-order valence-electron chi connectivity index (χ3n) is 3.14. The molecule has 6 nitrogen and oxygen atoms in total. The van der Waals surface area contributed by atoms with Gasteiger partial charge in [-0.1, -0.05) is 0 Å². The first-order valence-electron chi connectivity index (χ1n) is 5.88. The highest BCUT2D eigenvalue weighted by Crippen LogP contribution is 2.27. The lowest BCUT2D eigenvalue weighted by Gasteiger charge is -2.38. The summed E-state index contributed by atoms with van der Waals surface area (Å²) in [6.07, 6.45) is 0. The predicted octanol–water partition coefficient (Wildman–Crippen LogP) is 0.390. The minimum Gasteiger partial charge on any atom is -0.294 e. The Kier molecular flexibility index (Phi) is 3.58. The molecule has 2 amide bonds. The molecule has 0 atom stereocenters. The van der Waals surface area contributed by atoms with Gasteiger partial charge in [0, 0.05) is 6.07 Å². The number of carbonyl (C=O) groups excluding carboxylic acids is 2. The Morgan fingerprint density at radius 1 is 1.14 bits per heavy atom. The molecule has 0 saturated carbocycles. The number of rotatable bonds is 2. The molecule has 1 aromatic carbocycles. The molecular formula is C12H12F2N2O4S. The lowest BCUT2D eigenvalue weighted by atomic mass is 10.0. The molecule has 1 aliphatic heterocycles. The lowest BCUT2D eigenvalue weighted by molar-refractivity contribution is -0.141. The van der Waals surface area contributed by atoms with Crippen LogP contribution in [0.15, 0.2) is 23.1 Å². The standard InChI is InChI=1S/C12H12F2N2O4S/c1-12(2)11(18)15-10(17)6-16(12)21(19,20)9-4-7(13)3-8(14)5-9/h3-5H,6H2,1-2H3,(H,15,17,18). The van der Waals surface area contributed by atoms with Crippen molar-refractivity contribution in [3.63, 3.8) is 0 Å². The molecule has 2 rings (SSSR count). The number of amides is 2. The summed E-state index contributed by atoms with van der Waals surface area (Å²) in [4.78, 5) is 22.5. The van der Waals surface area contributed by atoms with E-state index in [0.717, 1.165) is 0 Å². The number of hydrogen-bond donors (Lipinski definition) is 1. The van der Waals surface area contributed by atoms with Crippen LogP contribution in [0.3, 0.4) is 0 Å². The van der Waals surface area contributed by atoms with Crippen molar-refractivity contribution in [2.75, 3.05) is 6.54 Å². The van der Waals surface area contributed by atoms with Gasteiger partial charge < -0.3 is 0 Å². The van der Waals surface area contributed by atoms with E-state index in [1.165, 1.54) is 13.8 Å². The number of imide groups is 1. The van der Waals surface area contributed by atoms with E-state index < -0.39 is 50.5 Å². The first-order chi connectivity index (χ1) is 9.55. The SMILES string of the molecule is CC1(C)C(=O)NC(=O)CN1S(=O)(=O)c1cc(F)cc(F)c1. The van der Waals surface area contributed by atoms with E-state index in [9.17, 15) is 26.8 Å². The number of sulfonamides is 1. The Bertz CT molecular complexity index is 711. The van der Waals surface area contributed by atoms with E-state index in [0.29, 0.717) is 22.5 Å². The number of nitrogens with zero attached hydrogens (tertiary/aromatic N) is 1. The molecule has 0 aliphatic carbocycles. The molecule has 1 fully saturated rings. The number of benzene rings is 1. The highest BCUT2D eigenvalue weighted by atomic mass is 32.2. The molecule has 1 N–H and O–H groups in total. The molecule has 0 aromatic heterocycles. The van der Waals surface area contributed by atoms with E-state index in [-0.39, 0.29) is 0 Å². The topological polar surface area (TPSA) is 83.6 Å². The third kappa shape index (κ3) is 2.66. The molecule has 1 aliphatic rings. The maximum Gasteiger partial charge on any atom is 0.247 e. The van der Waals surface area contributed by atoms with E-state index >= 15 is 0 Å². The van der Waals surface area contributed by atoms with Gasteiger partial charge in [0.05, 0.1) is 11.4 Å². The van der Waals surface area contributed by atoms with Gasteiger partial charge in [0.15, 0.2) is 0 Å². The Balaban J connectivity index is 2.56. The molecule has 0 radical (unpaired) electrons. The van der Waals surface area contributed by atoms with E-state index in [2.05, 4.69) is 0 Å². The summed E-state index contributed by atoms with van der Waals surface area (Å²) in [5.74, 6) is -3.75. The first-order valence-corrected chi connectivity index (χ1v) is 7.32. The first kappa shape index (κ1) is 15.5. The van der Waals surface area contributed by atoms with Gasteiger partial charge in [-0.2, -0.15) is 4.31 Å². The smallest absolute Gasteiger partial charge is 0.247 e. The van der Waals surface area contributed by atoms with Crippen LogP contribution in [0.4, 0.5) is 8.78 Å². The van der Waals surface area contributed by atoms with E-state index in [1.54, 1.807) is 0 Å². The summed E-state index contributed by atoms with van der Waals surface area (Å²) >= 11 is 0. The highest BCUT2D eigenvalue weighted by Gasteiger charge is 2.47. The van der Waals surface area contributed by atoms with Gasteiger partial charge in [-0.3, -0.25) is 14.9 Å². The van der Waals surface area contributed by atoms with Crippen LogP contribution in [0.25, 0.3) is 0 Å². The van der Waals surface area contributed by atoms with E-state index in [1.807, 2.05) is 5.32 Å². The molecule has 9 heteroatoms. The van der Waals surface area contributed by atoms with Crippen LogP contribution in [-0.2, 0) is 19.6 Å². The molecule has 1 saturated heterocycles. The van der Waals surface area contributed by atoms with Gasteiger partial charge in [0.25, 0.3) is 0 Å². The van der Waals surface area contributed by atoms with Crippen molar-refractivity contribution in [3.8, 4) is 0 Å². The zero-order valence-corrected chi connectivity index (χ0v) is 12.0. The molecular weight excluding hydrogens is 306 g/mol. The van der Waals surface area contributed by atoms with Crippen LogP contribution in [0.1, 0.15) is 13.8 Å². The molecule has 0 spiro atoms. The van der Waals surface area contributed by atoms with Crippen molar-refractivity contribution in [2.45, 2.75) is 24.3 Å². The van der Waals surface area contributed by atoms with Crippen LogP contribution >= 0.6 is 0 Å². The second-order valence-corrected chi connectivity index (χ2v) is 6.92. The quantitative estimate of drug-likeness (QED) is 0.800. The van der Waals surface area contributed by atoms with Crippen molar-refractivity contribution in [1.82, 2.24) is 9.62 Å². The van der Waals surface area contributed by atoms with Gasteiger partial charge in [-0.05, 0) is 26.0 Å². The summed E-state index contributed by atoms with van der Waals surface area (Å²) in [6, 6.07) is 1.79. The van der Waals surface area contributed by atoms with Crippen molar-refractivity contribution in [1.29, 1.82) is 0 Å². The van der Waals surface area contributed by atoms with Crippen LogP contribution in [-0.4, -0.2) is 36.6 Å². The third-order valence-corrected chi connectivity index (χ3v) is 5.14. The van der Waals surface area contributed by atoms with Crippen LogP contribution in [0, 0.1) is 11.6 Å². The summed E-state index contributed by atoms with van der Waals surface area (Å²) in [6.45, 7) is 1.98. The van der Waals surface area contributed by atoms with Crippen LogP contribution in [0.5, 0.6) is 0 Å². The highest BCUT2D eigenvalue weighted by molar-refractivity contribution is 7.89. The van der Waals surface area contributed by atoms with E-state index in [4.69, 9.17) is 0 Å². The minimum absolute atomic E-state index is 0.526. The number of nitrogens with one attached hydrogen (secondary N) is 1. The number of halogens is 2. The molecule has 21 heavy (non-hydrogen) atoms. The number of hydrogen-bond acceptors (Lipinski definition) is 4. The number of piperazine rings is 1. The summed E-state index contributed by atoms with van der Waals surface area (Å²) in [5.41, 5.74) is -1.56. The molecule has 0 bridgehead atoms. The molecule has 0 unspecified atom stereocenters. The Hall–Kier alpha value is -1.87. The maximum atomic E-state index is 13.2. The Morgan fingerprint density at radius 2 is 1.67 bits per heavy atom. The van der Waals surface area contributed by atoms with Crippen molar-refractivity contribution in [2.24, 2.45) is 0 Å². The minimum atomic E-state index is -4.41. The molecule has 1 heterocycles. The van der Waals surface area contributed by atoms with Crippen molar-refractivity contribution >= 4 is 21.8 Å². The fraction of sp³-hybridized carbons (Fsp3) is 0.333.